The number of imidazole rings is 1. The van der Waals surface area contributed by atoms with Crippen molar-refractivity contribution in [2.75, 3.05) is 13.1 Å². The lowest BCUT2D eigenvalue weighted by molar-refractivity contribution is 0.0903. The number of rotatable bonds is 4. The van der Waals surface area contributed by atoms with Crippen LogP contribution in [0.15, 0.2) is 36.0 Å². The predicted molar refractivity (Wildman–Crippen MR) is 95.2 cm³/mol. The van der Waals surface area contributed by atoms with Crippen LogP contribution in [0.2, 0.25) is 0 Å². The number of carbonyl (C=O) groups excluding carboxylic acids is 1. The van der Waals surface area contributed by atoms with E-state index in [9.17, 15) is 13.6 Å². The van der Waals surface area contributed by atoms with Crippen molar-refractivity contribution in [1.82, 2.24) is 19.6 Å². The van der Waals surface area contributed by atoms with E-state index in [2.05, 4.69) is 15.2 Å². The number of halogens is 2. The number of hydrogen-bond donors (Lipinski definition) is 1. The summed E-state index contributed by atoms with van der Waals surface area (Å²) in [5.41, 5.74) is 1.30. The molecule has 0 saturated carbocycles. The molecule has 0 spiro atoms. The Labute approximate surface area is 153 Å². The molecule has 1 N–H and O–H groups in total. The second-order valence-corrected chi connectivity index (χ2v) is 7.34. The Hall–Kier alpha value is -2.32. The van der Waals surface area contributed by atoms with E-state index in [0.29, 0.717) is 12.2 Å². The van der Waals surface area contributed by atoms with E-state index < -0.39 is 11.6 Å². The van der Waals surface area contributed by atoms with Crippen molar-refractivity contribution in [3.8, 4) is 0 Å². The lowest BCUT2D eigenvalue weighted by atomic mass is 10.0. The van der Waals surface area contributed by atoms with Crippen LogP contribution in [0.5, 0.6) is 0 Å². The molecule has 2 aromatic heterocycles. The Balaban J connectivity index is 1.31. The number of benzene rings is 1. The van der Waals surface area contributed by atoms with E-state index >= 15 is 0 Å². The van der Waals surface area contributed by atoms with E-state index in [1.807, 2.05) is 11.6 Å². The number of amides is 1. The Kier molecular flexibility index (Phi) is 4.69. The second-order valence-electron chi connectivity index (χ2n) is 6.47. The highest BCUT2D eigenvalue weighted by Crippen LogP contribution is 2.17. The lowest BCUT2D eigenvalue weighted by Gasteiger charge is -2.32. The standard InChI is InChI=1S/C18H18F2N4OS/c19-14-2-1-12(9-15(14)20)11-23-5-3-13(4-6-23)22-17(25)16-10-21-18-24(16)7-8-26-18/h1-2,7-10,13H,3-6,11H2,(H,22,25). The van der Waals surface area contributed by atoms with Gasteiger partial charge in [-0.3, -0.25) is 14.1 Å². The fourth-order valence-electron chi connectivity index (χ4n) is 3.29. The number of likely N-dealkylation sites (tertiary alicyclic amines) is 1. The van der Waals surface area contributed by atoms with Crippen LogP contribution >= 0.6 is 11.3 Å². The van der Waals surface area contributed by atoms with Crippen molar-refractivity contribution >= 4 is 22.2 Å². The van der Waals surface area contributed by atoms with Gasteiger partial charge in [0.1, 0.15) is 5.69 Å². The third-order valence-corrected chi connectivity index (χ3v) is 5.46. The smallest absolute Gasteiger partial charge is 0.270 e. The Morgan fingerprint density at radius 3 is 2.85 bits per heavy atom. The number of nitrogens with one attached hydrogen (secondary N) is 1. The molecule has 0 unspecified atom stereocenters. The molecule has 0 radical (unpaired) electrons. The fraction of sp³-hybridized carbons (Fsp3) is 0.333. The number of piperidine rings is 1. The van der Waals surface area contributed by atoms with Crippen molar-refractivity contribution < 1.29 is 13.6 Å². The van der Waals surface area contributed by atoms with Gasteiger partial charge < -0.3 is 5.32 Å². The summed E-state index contributed by atoms with van der Waals surface area (Å²) in [7, 11) is 0. The first-order valence-corrected chi connectivity index (χ1v) is 9.36. The second kappa shape index (κ2) is 7.13. The third-order valence-electron chi connectivity index (χ3n) is 4.69. The highest BCUT2D eigenvalue weighted by molar-refractivity contribution is 7.15. The number of carbonyl (C=O) groups is 1. The van der Waals surface area contributed by atoms with Crippen LogP contribution in [0.1, 0.15) is 28.9 Å². The van der Waals surface area contributed by atoms with Crippen LogP contribution in [0.3, 0.4) is 0 Å². The van der Waals surface area contributed by atoms with Crippen LogP contribution in [0, 0.1) is 11.6 Å². The van der Waals surface area contributed by atoms with Gasteiger partial charge in [-0.05, 0) is 30.5 Å². The first-order chi connectivity index (χ1) is 12.6. The number of hydrogen-bond acceptors (Lipinski definition) is 4. The zero-order valence-electron chi connectivity index (χ0n) is 14.0. The zero-order valence-corrected chi connectivity index (χ0v) is 14.8. The molecule has 1 amide bonds. The number of nitrogens with zero attached hydrogens (tertiary/aromatic N) is 3. The molecule has 136 valence electrons. The van der Waals surface area contributed by atoms with Crippen molar-refractivity contribution in [2.24, 2.45) is 0 Å². The van der Waals surface area contributed by atoms with Crippen molar-refractivity contribution in [3.05, 3.63) is 58.9 Å². The highest BCUT2D eigenvalue weighted by Gasteiger charge is 2.23. The summed E-state index contributed by atoms with van der Waals surface area (Å²) < 4.78 is 28.1. The Bertz CT molecular complexity index is 930. The number of aromatic nitrogens is 2. The maximum atomic E-state index is 13.3. The highest BCUT2D eigenvalue weighted by atomic mass is 32.1. The molecule has 26 heavy (non-hydrogen) atoms. The molecule has 3 aromatic rings. The topological polar surface area (TPSA) is 49.6 Å². The van der Waals surface area contributed by atoms with E-state index in [1.165, 1.54) is 17.4 Å². The monoisotopic (exact) mass is 376 g/mol. The fourth-order valence-corrected chi connectivity index (χ4v) is 3.98. The average molecular weight is 376 g/mol. The summed E-state index contributed by atoms with van der Waals surface area (Å²) in [5, 5.41) is 4.97. The molecule has 1 aliphatic heterocycles. The van der Waals surface area contributed by atoms with E-state index in [0.717, 1.165) is 42.5 Å². The van der Waals surface area contributed by atoms with Gasteiger partial charge in [0.05, 0.1) is 6.20 Å². The minimum atomic E-state index is -0.824. The molecule has 1 aromatic carbocycles. The van der Waals surface area contributed by atoms with Crippen LogP contribution < -0.4 is 5.32 Å². The molecular formula is C18H18F2N4OS. The third kappa shape index (κ3) is 3.47. The van der Waals surface area contributed by atoms with Crippen LogP contribution in [-0.4, -0.2) is 39.3 Å². The molecule has 1 saturated heterocycles. The molecule has 1 fully saturated rings. The van der Waals surface area contributed by atoms with Gasteiger partial charge in [-0.25, -0.2) is 13.8 Å². The minimum absolute atomic E-state index is 0.105. The zero-order chi connectivity index (χ0) is 18.1. The molecule has 4 rings (SSSR count). The van der Waals surface area contributed by atoms with Crippen molar-refractivity contribution in [2.45, 2.75) is 25.4 Å². The summed E-state index contributed by atoms with van der Waals surface area (Å²) in [6.07, 6.45) is 5.08. The summed E-state index contributed by atoms with van der Waals surface area (Å²) in [5.74, 6) is -1.75. The summed E-state index contributed by atoms with van der Waals surface area (Å²) in [6.45, 7) is 2.17. The number of thiazole rings is 1. The van der Waals surface area contributed by atoms with Crippen molar-refractivity contribution in [3.63, 3.8) is 0 Å². The summed E-state index contributed by atoms with van der Waals surface area (Å²) >= 11 is 1.49. The maximum Gasteiger partial charge on any atom is 0.270 e. The van der Waals surface area contributed by atoms with Crippen LogP contribution in [0.25, 0.3) is 4.96 Å². The van der Waals surface area contributed by atoms with Gasteiger partial charge in [0, 0.05) is 37.3 Å². The predicted octanol–water partition coefficient (Wildman–Crippen LogP) is 3.07. The lowest BCUT2D eigenvalue weighted by Crippen LogP contribution is -2.44. The Morgan fingerprint density at radius 2 is 2.08 bits per heavy atom. The normalized spacial score (nSPS) is 16.2. The van der Waals surface area contributed by atoms with Gasteiger partial charge in [0.15, 0.2) is 16.6 Å². The molecular weight excluding hydrogens is 358 g/mol. The molecule has 3 heterocycles. The van der Waals surface area contributed by atoms with E-state index in [-0.39, 0.29) is 11.9 Å². The number of fused-ring (bicyclic) bond motifs is 1. The van der Waals surface area contributed by atoms with E-state index in [1.54, 1.807) is 16.7 Å². The maximum absolute atomic E-state index is 13.3. The molecule has 0 aliphatic carbocycles. The van der Waals surface area contributed by atoms with Crippen LogP contribution in [-0.2, 0) is 6.54 Å². The first-order valence-electron chi connectivity index (χ1n) is 8.48. The molecule has 8 heteroatoms. The van der Waals surface area contributed by atoms with Crippen LogP contribution in [0.4, 0.5) is 8.78 Å². The molecule has 0 bridgehead atoms. The summed E-state index contributed by atoms with van der Waals surface area (Å²) in [6, 6.07) is 4.12. The minimum Gasteiger partial charge on any atom is -0.348 e. The molecule has 5 nitrogen and oxygen atoms in total. The van der Waals surface area contributed by atoms with Gasteiger partial charge in [0.25, 0.3) is 5.91 Å². The summed E-state index contributed by atoms with van der Waals surface area (Å²) in [4.78, 5) is 19.7. The van der Waals surface area contributed by atoms with Crippen molar-refractivity contribution in [1.29, 1.82) is 0 Å². The first kappa shape index (κ1) is 17.1. The average Bonchev–Trinajstić information content (AvgIpc) is 3.23. The van der Waals surface area contributed by atoms with Gasteiger partial charge in [-0.2, -0.15) is 0 Å². The van der Waals surface area contributed by atoms with Gasteiger partial charge in [0.2, 0.25) is 0 Å². The molecule has 0 atom stereocenters. The van der Waals surface area contributed by atoms with Gasteiger partial charge in [-0.1, -0.05) is 6.07 Å². The van der Waals surface area contributed by atoms with Gasteiger partial charge in [-0.15, -0.1) is 11.3 Å². The van der Waals surface area contributed by atoms with E-state index in [4.69, 9.17) is 0 Å². The SMILES string of the molecule is O=C(NC1CCN(Cc2ccc(F)c(F)c2)CC1)c1cnc2sccn12. The quantitative estimate of drug-likeness (QED) is 0.761. The van der Waals surface area contributed by atoms with Gasteiger partial charge >= 0.3 is 0 Å². The Morgan fingerprint density at radius 1 is 1.27 bits per heavy atom. The largest absolute Gasteiger partial charge is 0.348 e. The molecule has 1 aliphatic rings.